The second kappa shape index (κ2) is 4.03. The molecular weight excluding hydrogens is 256 g/mol. The van der Waals surface area contributed by atoms with E-state index in [1.807, 2.05) is 12.1 Å². The van der Waals surface area contributed by atoms with Gasteiger partial charge >= 0.3 is 0 Å². The van der Waals surface area contributed by atoms with E-state index < -0.39 is 0 Å². The molecule has 1 saturated heterocycles. The number of nitrogens with two attached hydrogens (primary N) is 1. The Hall–Kier alpha value is -2.44. The van der Waals surface area contributed by atoms with Gasteiger partial charge in [0, 0.05) is 18.7 Å². The highest BCUT2D eigenvalue weighted by molar-refractivity contribution is 5.99. The van der Waals surface area contributed by atoms with Gasteiger partial charge in [0.15, 0.2) is 5.82 Å². The minimum absolute atomic E-state index is 0.192. The van der Waals surface area contributed by atoms with Gasteiger partial charge in [-0.3, -0.25) is 14.4 Å². The average molecular weight is 270 g/mol. The molecule has 1 saturated carbocycles. The number of hydrogen-bond donors (Lipinski definition) is 1. The van der Waals surface area contributed by atoms with Gasteiger partial charge in [0.25, 0.3) is 0 Å². The minimum Gasteiger partial charge on any atom is -0.396 e. The van der Waals surface area contributed by atoms with Gasteiger partial charge in [-0.15, -0.1) is 5.10 Å². The number of aromatic nitrogens is 4. The molecule has 1 aliphatic carbocycles. The predicted octanol–water partition coefficient (Wildman–Crippen LogP) is 0.286. The normalized spacial score (nSPS) is 24.0. The number of amides is 1. The summed E-state index contributed by atoms with van der Waals surface area (Å²) in [6, 6.07) is 3.72. The van der Waals surface area contributed by atoms with Crippen molar-refractivity contribution in [1.82, 2.24) is 20.0 Å². The van der Waals surface area contributed by atoms with Gasteiger partial charge in [0.1, 0.15) is 0 Å². The second-order valence-electron chi connectivity index (χ2n) is 5.41. The van der Waals surface area contributed by atoms with Gasteiger partial charge in [-0.2, -0.15) is 10.2 Å². The molecule has 1 amide bonds. The van der Waals surface area contributed by atoms with Crippen LogP contribution >= 0.6 is 0 Å². The third kappa shape index (κ3) is 1.82. The van der Waals surface area contributed by atoms with Gasteiger partial charge in [-0.05, 0) is 24.5 Å². The van der Waals surface area contributed by atoms with Crippen LogP contribution in [-0.2, 0) is 11.3 Å². The maximum Gasteiger partial charge on any atom is 0.231 e. The van der Waals surface area contributed by atoms with Crippen molar-refractivity contribution in [3.05, 3.63) is 30.2 Å². The molecule has 2 aliphatic rings. The topological polar surface area (TPSA) is 89.9 Å². The number of carbonyl (C=O) groups is 1. The van der Waals surface area contributed by atoms with Gasteiger partial charge in [-0.25, -0.2) is 0 Å². The van der Waals surface area contributed by atoms with E-state index in [0.29, 0.717) is 24.0 Å². The summed E-state index contributed by atoms with van der Waals surface area (Å²) in [7, 11) is 0. The molecule has 0 radical (unpaired) electrons. The molecule has 0 spiro atoms. The minimum atomic E-state index is 0.192. The summed E-state index contributed by atoms with van der Waals surface area (Å²) < 4.78 is 1.70. The lowest BCUT2D eigenvalue weighted by molar-refractivity contribution is -0.118. The summed E-state index contributed by atoms with van der Waals surface area (Å²) >= 11 is 0. The van der Waals surface area contributed by atoms with Crippen molar-refractivity contribution in [3.63, 3.8) is 0 Å². The molecule has 3 heterocycles. The first-order valence-corrected chi connectivity index (χ1v) is 6.62. The van der Waals surface area contributed by atoms with Gasteiger partial charge in [0.2, 0.25) is 5.91 Å². The zero-order chi connectivity index (χ0) is 13.7. The molecule has 0 unspecified atom stereocenters. The van der Waals surface area contributed by atoms with Crippen LogP contribution in [0.25, 0.3) is 0 Å². The second-order valence-corrected chi connectivity index (χ2v) is 5.41. The number of hydrogen-bond acceptors (Lipinski definition) is 5. The van der Waals surface area contributed by atoms with E-state index in [1.165, 1.54) is 0 Å². The summed E-state index contributed by atoms with van der Waals surface area (Å²) in [6.45, 7) is 1.30. The highest BCUT2D eigenvalue weighted by Crippen LogP contribution is 2.46. The van der Waals surface area contributed by atoms with E-state index in [0.717, 1.165) is 18.7 Å². The molecule has 2 N–H and O–H groups in total. The van der Waals surface area contributed by atoms with Crippen LogP contribution in [0.4, 0.5) is 11.5 Å². The zero-order valence-electron chi connectivity index (χ0n) is 10.8. The van der Waals surface area contributed by atoms with Crippen LogP contribution in [0, 0.1) is 11.8 Å². The van der Waals surface area contributed by atoms with Crippen molar-refractivity contribution in [3.8, 4) is 0 Å². The van der Waals surface area contributed by atoms with Gasteiger partial charge in [0.05, 0.1) is 24.1 Å². The van der Waals surface area contributed by atoms with E-state index >= 15 is 0 Å². The predicted molar refractivity (Wildman–Crippen MR) is 71.7 cm³/mol. The molecule has 4 rings (SSSR count). The third-order valence-electron chi connectivity index (χ3n) is 3.88. The lowest BCUT2D eigenvalue weighted by Gasteiger charge is -2.16. The lowest BCUT2D eigenvalue weighted by Crippen LogP contribution is -2.29. The third-order valence-corrected chi connectivity index (χ3v) is 3.88. The molecule has 0 bridgehead atoms. The largest absolute Gasteiger partial charge is 0.396 e. The Kier molecular flexibility index (Phi) is 2.29. The van der Waals surface area contributed by atoms with E-state index in [2.05, 4.69) is 15.3 Å². The van der Waals surface area contributed by atoms with Crippen LogP contribution in [-0.4, -0.2) is 32.4 Å². The lowest BCUT2D eigenvalue weighted by atomic mass is 10.3. The van der Waals surface area contributed by atoms with Gasteiger partial charge < -0.3 is 5.73 Å². The number of rotatable bonds is 3. The fourth-order valence-electron chi connectivity index (χ4n) is 2.70. The monoisotopic (exact) mass is 270 g/mol. The number of anilines is 2. The Bertz CT molecular complexity index is 664. The van der Waals surface area contributed by atoms with Crippen molar-refractivity contribution < 1.29 is 4.79 Å². The molecule has 2 aromatic heterocycles. The van der Waals surface area contributed by atoms with Crippen LogP contribution in [0.5, 0.6) is 0 Å². The first-order chi connectivity index (χ1) is 9.70. The molecule has 2 atom stereocenters. The Morgan fingerprint density at radius 3 is 2.85 bits per heavy atom. The summed E-state index contributed by atoms with van der Waals surface area (Å²) in [5.41, 5.74) is 7.02. The number of nitrogen functional groups attached to an aromatic ring is 1. The maximum absolute atomic E-state index is 12.0. The smallest absolute Gasteiger partial charge is 0.231 e. The molecule has 102 valence electrons. The maximum atomic E-state index is 12.0. The van der Waals surface area contributed by atoms with Crippen molar-refractivity contribution in [2.75, 3.05) is 17.2 Å². The van der Waals surface area contributed by atoms with Crippen molar-refractivity contribution in [1.29, 1.82) is 0 Å². The first kappa shape index (κ1) is 11.4. The molecule has 7 nitrogen and oxygen atoms in total. The first-order valence-electron chi connectivity index (χ1n) is 6.62. The molecule has 2 aromatic rings. The van der Waals surface area contributed by atoms with E-state index in [9.17, 15) is 4.79 Å². The number of piperidine rings is 1. The summed E-state index contributed by atoms with van der Waals surface area (Å²) in [4.78, 5) is 13.7. The molecule has 1 aliphatic heterocycles. The van der Waals surface area contributed by atoms with Crippen molar-refractivity contribution >= 4 is 17.4 Å². The quantitative estimate of drug-likeness (QED) is 0.865. The average Bonchev–Trinajstić information content (AvgIpc) is 3.00. The Labute approximate surface area is 115 Å². The van der Waals surface area contributed by atoms with Gasteiger partial charge in [-0.1, -0.05) is 0 Å². The van der Waals surface area contributed by atoms with Crippen molar-refractivity contribution in [2.45, 2.75) is 13.0 Å². The van der Waals surface area contributed by atoms with Crippen molar-refractivity contribution in [2.24, 2.45) is 11.8 Å². The standard InChI is InChI=1S/C13H14N6O/c14-9-4-15-18(6-9)7-10-1-2-12(17-16-10)19-5-8-3-11(8)13(19)20/h1-2,4,6,8,11H,3,5,7,14H2/t8-,11-/m1/s1. The van der Waals surface area contributed by atoms with Crippen LogP contribution in [0.15, 0.2) is 24.5 Å². The molecule has 2 fully saturated rings. The molecule has 0 aromatic carbocycles. The van der Waals surface area contributed by atoms with E-state index in [1.54, 1.807) is 22.0 Å². The number of nitrogens with zero attached hydrogens (tertiary/aromatic N) is 5. The SMILES string of the molecule is Nc1cnn(Cc2ccc(N3C[C@H]4C[C@H]4C3=O)nn2)c1. The zero-order valence-corrected chi connectivity index (χ0v) is 10.8. The summed E-state index contributed by atoms with van der Waals surface area (Å²) in [5, 5.41) is 12.4. The van der Waals surface area contributed by atoms with Crippen LogP contribution in [0.2, 0.25) is 0 Å². The number of fused-ring (bicyclic) bond motifs is 1. The number of carbonyl (C=O) groups excluding carboxylic acids is 1. The summed E-state index contributed by atoms with van der Waals surface area (Å²) in [5.74, 6) is 1.61. The Morgan fingerprint density at radius 1 is 1.35 bits per heavy atom. The molecule has 7 heteroatoms. The van der Waals surface area contributed by atoms with E-state index in [4.69, 9.17) is 5.73 Å². The van der Waals surface area contributed by atoms with Crippen LogP contribution in [0.3, 0.4) is 0 Å². The van der Waals surface area contributed by atoms with Crippen LogP contribution < -0.4 is 10.6 Å². The molecular formula is C13H14N6O. The van der Waals surface area contributed by atoms with E-state index in [-0.39, 0.29) is 11.8 Å². The highest BCUT2D eigenvalue weighted by Gasteiger charge is 2.52. The summed E-state index contributed by atoms with van der Waals surface area (Å²) in [6.07, 6.45) is 4.38. The molecule has 20 heavy (non-hydrogen) atoms. The fraction of sp³-hybridized carbons (Fsp3) is 0.385. The highest BCUT2D eigenvalue weighted by atomic mass is 16.2. The van der Waals surface area contributed by atoms with Crippen LogP contribution in [0.1, 0.15) is 12.1 Å². The Morgan fingerprint density at radius 2 is 2.25 bits per heavy atom. The Balaban J connectivity index is 1.50. The fourth-order valence-corrected chi connectivity index (χ4v) is 2.70.